The van der Waals surface area contributed by atoms with Crippen LogP contribution in [-0.4, -0.2) is 17.1 Å². The summed E-state index contributed by atoms with van der Waals surface area (Å²) in [7, 11) is 0. The highest BCUT2D eigenvalue weighted by atomic mass is 16.3. The highest BCUT2D eigenvalue weighted by Gasteiger charge is 2.25. The Balaban J connectivity index is 1.61. The molecule has 0 unspecified atom stereocenters. The molecule has 1 aliphatic heterocycles. The predicted octanol–water partition coefficient (Wildman–Crippen LogP) is 2.05. The number of phenols is 1. The van der Waals surface area contributed by atoms with Gasteiger partial charge < -0.3 is 15.7 Å². The van der Waals surface area contributed by atoms with Crippen LogP contribution in [0.15, 0.2) is 48.5 Å². The van der Waals surface area contributed by atoms with E-state index in [1.54, 1.807) is 18.2 Å². The molecule has 0 spiro atoms. The van der Waals surface area contributed by atoms with Crippen molar-refractivity contribution in [1.82, 2.24) is 5.32 Å². The molecule has 1 aliphatic rings. The normalized spacial score (nSPS) is 16.3. The van der Waals surface area contributed by atoms with E-state index in [1.165, 1.54) is 0 Å². The molecule has 0 fully saturated rings. The zero-order chi connectivity index (χ0) is 13.9. The molecule has 0 saturated carbocycles. The Bertz CT molecular complexity index is 615. The van der Waals surface area contributed by atoms with Crippen LogP contribution in [-0.2, 0) is 17.8 Å². The summed E-state index contributed by atoms with van der Waals surface area (Å²) in [6.07, 6.45) is 0.697. The van der Waals surface area contributed by atoms with Gasteiger partial charge in [-0.15, -0.1) is 0 Å². The Hall–Kier alpha value is -2.49. The van der Waals surface area contributed by atoms with Crippen LogP contribution in [0.3, 0.4) is 0 Å². The number of phenolic OH excluding ortho intramolecular Hbond substituents is 1. The molecular formula is C16H16N2O2. The summed E-state index contributed by atoms with van der Waals surface area (Å²) in [6.45, 7) is 0.333. The van der Waals surface area contributed by atoms with Gasteiger partial charge in [0.1, 0.15) is 11.8 Å². The van der Waals surface area contributed by atoms with Crippen molar-refractivity contribution >= 4 is 11.6 Å². The smallest absolute Gasteiger partial charge is 0.243 e. The monoisotopic (exact) mass is 268 g/mol. The molecule has 102 valence electrons. The third kappa shape index (κ3) is 2.45. The number of benzene rings is 2. The Labute approximate surface area is 117 Å². The van der Waals surface area contributed by atoms with Crippen LogP contribution >= 0.6 is 0 Å². The van der Waals surface area contributed by atoms with Gasteiger partial charge in [0.2, 0.25) is 5.91 Å². The van der Waals surface area contributed by atoms with E-state index in [2.05, 4.69) is 10.6 Å². The molecule has 3 rings (SSSR count). The fourth-order valence-corrected chi connectivity index (χ4v) is 2.42. The van der Waals surface area contributed by atoms with E-state index in [0.717, 1.165) is 16.8 Å². The molecular weight excluding hydrogens is 252 g/mol. The fourth-order valence-electron chi connectivity index (χ4n) is 2.42. The SMILES string of the molecule is O=C(NCc1ccccc1O)[C@@H]1Cc2ccccc2N1. The Morgan fingerprint density at radius 1 is 1.20 bits per heavy atom. The molecule has 0 aliphatic carbocycles. The lowest BCUT2D eigenvalue weighted by Crippen LogP contribution is -2.38. The Morgan fingerprint density at radius 3 is 2.75 bits per heavy atom. The number of aromatic hydroxyl groups is 1. The summed E-state index contributed by atoms with van der Waals surface area (Å²) in [4.78, 5) is 12.1. The Kier molecular flexibility index (Phi) is 3.29. The highest BCUT2D eigenvalue weighted by Crippen LogP contribution is 2.25. The predicted molar refractivity (Wildman–Crippen MR) is 77.5 cm³/mol. The zero-order valence-electron chi connectivity index (χ0n) is 11.0. The first kappa shape index (κ1) is 12.5. The van der Waals surface area contributed by atoms with Crippen LogP contribution in [0.5, 0.6) is 5.75 Å². The minimum atomic E-state index is -0.238. The average molecular weight is 268 g/mol. The molecule has 0 aromatic heterocycles. The Morgan fingerprint density at radius 2 is 1.95 bits per heavy atom. The van der Waals surface area contributed by atoms with Crippen molar-refractivity contribution in [2.24, 2.45) is 0 Å². The van der Waals surface area contributed by atoms with E-state index in [-0.39, 0.29) is 17.7 Å². The number of carbonyl (C=O) groups is 1. The summed E-state index contributed by atoms with van der Waals surface area (Å²) in [6, 6.07) is 14.7. The first-order chi connectivity index (χ1) is 9.74. The number of nitrogens with one attached hydrogen (secondary N) is 2. The topological polar surface area (TPSA) is 61.4 Å². The van der Waals surface area contributed by atoms with Crippen LogP contribution in [0.1, 0.15) is 11.1 Å². The molecule has 3 N–H and O–H groups in total. The van der Waals surface area contributed by atoms with E-state index >= 15 is 0 Å². The molecule has 1 amide bonds. The van der Waals surface area contributed by atoms with E-state index in [1.807, 2.05) is 30.3 Å². The highest BCUT2D eigenvalue weighted by molar-refractivity contribution is 5.87. The number of fused-ring (bicyclic) bond motifs is 1. The van der Waals surface area contributed by atoms with Crippen molar-refractivity contribution in [1.29, 1.82) is 0 Å². The van der Waals surface area contributed by atoms with Crippen LogP contribution in [0.4, 0.5) is 5.69 Å². The maximum atomic E-state index is 12.1. The average Bonchev–Trinajstić information content (AvgIpc) is 2.90. The van der Waals surface area contributed by atoms with Gasteiger partial charge in [-0.2, -0.15) is 0 Å². The van der Waals surface area contributed by atoms with Gasteiger partial charge in [0.15, 0.2) is 0 Å². The number of hydrogen-bond donors (Lipinski definition) is 3. The summed E-state index contributed by atoms with van der Waals surface area (Å²) >= 11 is 0. The second-order valence-corrected chi connectivity index (χ2v) is 4.90. The van der Waals surface area contributed by atoms with Crippen molar-refractivity contribution in [3.8, 4) is 5.75 Å². The second-order valence-electron chi connectivity index (χ2n) is 4.90. The van der Waals surface area contributed by atoms with Gasteiger partial charge in [-0.1, -0.05) is 36.4 Å². The van der Waals surface area contributed by atoms with E-state index in [9.17, 15) is 9.90 Å². The lowest BCUT2D eigenvalue weighted by molar-refractivity contribution is -0.121. The third-order valence-electron chi connectivity index (χ3n) is 3.53. The van der Waals surface area contributed by atoms with Gasteiger partial charge in [0.25, 0.3) is 0 Å². The van der Waals surface area contributed by atoms with Crippen LogP contribution in [0.25, 0.3) is 0 Å². The summed E-state index contributed by atoms with van der Waals surface area (Å²) in [5, 5.41) is 15.7. The van der Waals surface area contributed by atoms with Gasteiger partial charge in [-0.05, 0) is 17.7 Å². The number of rotatable bonds is 3. The van der Waals surface area contributed by atoms with Crippen molar-refractivity contribution in [2.75, 3.05) is 5.32 Å². The molecule has 2 aromatic carbocycles. The van der Waals surface area contributed by atoms with E-state index < -0.39 is 0 Å². The van der Waals surface area contributed by atoms with E-state index in [0.29, 0.717) is 13.0 Å². The molecule has 2 aromatic rings. The minimum Gasteiger partial charge on any atom is -0.508 e. The first-order valence-corrected chi connectivity index (χ1v) is 6.63. The van der Waals surface area contributed by atoms with Crippen LogP contribution < -0.4 is 10.6 Å². The van der Waals surface area contributed by atoms with Gasteiger partial charge in [-0.25, -0.2) is 0 Å². The number of anilines is 1. The van der Waals surface area contributed by atoms with Crippen LogP contribution in [0, 0.1) is 0 Å². The van der Waals surface area contributed by atoms with Crippen molar-refractivity contribution < 1.29 is 9.90 Å². The molecule has 0 bridgehead atoms. The molecule has 1 heterocycles. The number of hydrogen-bond acceptors (Lipinski definition) is 3. The number of carbonyl (C=O) groups excluding carboxylic acids is 1. The lowest BCUT2D eigenvalue weighted by atomic mass is 10.1. The first-order valence-electron chi connectivity index (χ1n) is 6.63. The maximum absolute atomic E-state index is 12.1. The summed E-state index contributed by atoms with van der Waals surface area (Å²) < 4.78 is 0. The quantitative estimate of drug-likeness (QED) is 0.798. The number of para-hydroxylation sites is 2. The maximum Gasteiger partial charge on any atom is 0.243 e. The van der Waals surface area contributed by atoms with Gasteiger partial charge in [0, 0.05) is 24.2 Å². The molecule has 20 heavy (non-hydrogen) atoms. The standard InChI is InChI=1S/C16H16N2O2/c19-15-8-4-2-6-12(15)10-17-16(20)14-9-11-5-1-3-7-13(11)18-14/h1-8,14,18-19H,9-10H2,(H,17,20)/t14-/m0/s1. The number of amides is 1. The van der Waals surface area contributed by atoms with E-state index in [4.69, 9.17) is 0 Å². The molecule has 0 saturated heterocycles. The van der Waals surface area contributed by atoms with Crippen molar-refractivity contribution in [2.45, 2.75) is 19.0 Å². The van der Waals surface area contributed by atoms with Crippen LogP contribution in [0.2, 0.25) is 0 Å². The molecule has 4 nitrogen and oxygen atoms in total. The lowest BCUT2D eigenvalue weighted by Gasteiger charge is -2.12. The molecule has 4 heteroatoms. The molecule has 1 atom stereocenters. The van der Waals surface area contributed by atoms with Gasteiger partial charge in [0.05, 0.1) is 0 Å². The zero-order valence-corrected chi connectivity index (χ0v) is 11.0. The van der Waals surface area contributed by atoms with Gasteiger partial charge >= 0.3 is 0 Å². The second kappa shape index (κ2) is 5.25. The minimum absolute atomic E-state index is 0.0514. The largest absolute Gasteiger partial charge is 0.508 e. The van der Waals surface area contributed by atoms with Gasteiger partial charge in [-0.3, -0.25) is 4.79 Å². The molecule has 0 radical (unpaired) electrons. The summed E-state index contributed by atoms with van der Waals surface area (Å²) in [5.41, 5.74) is 2.90. The fraction of sp³-hybridized carbons (Fsp3) is 0.188. The summed E-state index contributed by atoms with van der Waals surface area (Å²) in [5.74, 6) is 0.153. The van der Waals surface area contributed by atoms with Crippen molar-refractivity contribution in [3.05, 3.63) is 59.7 Å². The van der Waals surface area contributed by atoms with Crippen molar-refractivity contribution in [3.63, 3.8) is 0 Å². The third-order valence-corrected chi connectivity index (χ3v) is 3.53.